The number of nitrogens with one attached hydrogen (secondary N) is 1. The third kappa shape index (κ3) is 28.9. The van der Waals surface area contributed by atoms with Crippen LogP contribution in [0, 0.1) is 0 Å². The standard InChI is InChI=1S/C27H53NO6/c1-2-3-4-5-6-7-8-9-10-11-12-13-14-15-20-32-22-24-34-25-23-33-21-16-19-28-26(29)17-18-27(30)31/h2-25H2,1H3,(H,28,29)(H,30,31). The molecule has 0 aromatic carbocycles. The summed E-state index contributed by atoms with van der Waals surface area (Å²) in [4.78, 5) is 21.7. The zero-order chi connectivity index (χ0) is 25.0. The number of hydrogen-bond donors (Lipinski definition) is 2. The first-order chi connectivity index (χ1) is 16.7. The Hall–Kier alpha value is -1.18. The zero-order valence-corrected chi connectivity index (χ0v) is 22.0. The summed E-state index contributed by atoms with van der Waals surface area (Å²) in [6, 6.07) is 0. The lowest BCUT2D eigenvalue weighted by atomic mass is 10.0. The summed E-state index contributed by atoms with van der Waals surface area (Å²) in [5.74, 6) is -1.20. The van der Waals surface area contributed by atoms with Crippen LogP contribution in [0.4, 0.5) is 0 Å². The van der Waals surface area contributed by atoms with Crippen molar-refractivity contribution in [2.75, 3.05) is 46.2 Å². The smallest absolute Gasteiger partial charge is 0.303 e. The second-order valence-electron chi connectivity index (χ2n) is 9.03. The van der Waals surface area contributed by atoms with E-state index in [2.05, 4.69) is 12.2 Å². The van der Waals surface area contributed by atoms with Crippen molar-refractivity contribution in [1.29, 1.82) is 0 Å². The number of aliphatic carboxylic acids is 1. The van der Waals surface area contributed by atoms with Crippen LogP contribution < -0.4 is 5.32 Å². The summed E-state index contributed by atoms with van der Waals surface area (Å²) in [5, 5.41) is 11.2. The fourth-order valence-corrected chi connectivity index (χ4v) is 3.65. The van der Waals surface area contributed by atoms with E-state index in [1.54, 1.807) is 0 Å². The van der Waals surface area contributed by atoms with Crippen molar-refractivity contribution in [3.63, 3.8) is 0 Å². The molecule has 0 heterocycles. The van der Waals surface area contributed by atoms with E-state index < -0.39 is 5.97 Å². The van der Waals surface area contributed by atoms with Crippen LogP contribution in [0.25, 0.3) is 0 Å². The summed E-state index contributed by atoms with van der Waals surface area (Å²) in [7, 11) is 0. The predicted molar refractivity (Wildman–Crippen MR) is 137 cm³/mol. The van der Waals surface area contributed by atoms with Gasteiger partial charge in [0.2, 0.25) is 5.91 Å². The fraction of sp³-hybridized carbons (Fsp3) is 0.926. The molecular formula is C27H53NO6. The molecule has 0 saturated heterocycles. The van der Waals surface area contributed by atoms with Crippen molar-refractivity contribution < 1.29 is 28.9 Å². The van der Waals surface area contributed by atoms with Crippen molar-refractivity contribution >= 4 is 11.9 Å². The molecule has 0 aliphatic heterocycles. The normalized spacial score (nSPS) is 11.1. The molecule has 0 aliphatic carbocycles. The molecule has 34 heavy (non-hydrogen) atoms. The van der Waals surface area contributed by atoms with Crippen LogP contribution in [0.5, 0.6) is 0 Å². The maximum atomic E-state index is 11.3. The number of unbranched alkanes of at least 4 members (excludes halogenated alkanes) is 13. The largest absolute Gasteiger partial charge is 0.481 e. The SMILES string of the molecule is CCCCCCCCCCCCCCCCOCCOCCOCCCNC(=O)CCC(=O)O. The van der Waals surface area contributed by atoms with Gasteiger partial charge in [0.25, 0.3) is 0 Å². The lowest BCUT2D eigenvalue weighted by Crippen LogP contribution is -2.25. The highest BCUT2D eigenvalue weighted by Crippen LogP contribution is 2.12. The van der Waals surface area contributed by atoms with Crippen molar-refractivity contribution in [1.82, 2.24) is 5.32 Å². The minimum Gasteiger partial charge on any atom is -0.481 e. The predicted octanol–water partition coefficient (Wildman–Crippen LogP) is 5.89. The van der Waals surface area contributed by atoms with E-state index >= 15 is 0 Å². The molecule has 7 heteroatoms. The van der Waals surface area contributed by atoms with Crippen molar-refractivity contribution in [3.05, 3.63) is 0 Å². The first kappa shape index (κ1) is 32.8. The summed E-state index contributed by atoms with van der Waals surface area (Å²) < 4.78 is 16.5. The molecule has 0 aliphatic rings. The highest BCUT2D eigenvalue weighted by Gasteiger charge is 2.04. The summed E-state index contributed by atoms with van der Waals surface area (Å²) >= 11 is 0. The van der Waals surface area contributed by atoms with E-state index in [0.29, 0.717) is 46.0 Å². The van der Waals surface area contributed by atoms with Crippen LogP contribution in [-0.4, -0.2) is 63.2 Å². The van der Waals surface area contributed by atoms with Crippen LogP contribution >= 0.6 is 0 Å². The van der Waals surface area contributed by atoms with E-state index in [0.717, 1.165) is 13.0 Å². The van der Waals surface area contributed by atoms with E-state index in [1.165, 1.54) is 83.5 Å². The quantitative estimate of drug-likeness (QED) is 0.134. The highest BCUT2D eigenvalue weighted by molar-refractivity contribution is 5.80. The number of rotatable bonds is 28. The lowest BCUT2D eigenvalue weighted by Gasteiger charge is -2.07. The molecule has 0 radical (unpaired) electrons. The molecule has 202 valence electrons. The number of amides is 1. The van der Waals surface area contributed by atoms with E-state index in [4.69, 9.17) is 19.3 Å². The molecule has 0 aromatic rings. The van der Waals surface area contributed by atoms with E-state index in [-0.39, 0.29) is 18.7 Å². The summed E-state index contributed by atoms with van der Waals surface area (Å²) in [6.07, 6.45) is 19.7. The van der Waals surface area contributed by atoms with Crippen LogP contribution in [0.2, 0.25) is 0 Å². The van der Waals surface area contributed by atoms with Gasteiger partial charge in [-0.3, -0.25) is 9.59 Å². The fourth-order valence-electron chi connectivity index (χ4n) is 3.65. The van der Waals surface area contributed by atoms with Crippen LogP contribution in [0.1, 0.15) is 116 Å². The molecule has 2 N–H and O–H groups in total. The Kier molecular flexibility index (Phi) is 27.1. The van der Waals surface area contributed by atoms with Crippen LogP contribution in [-0.2, 0) is 23.8 Å². The van der Waals surface area contributed by atoms with Gasteiger partial charge in [0, 0.05) is 26.2 Å². The molecule has 0 bridgehead atoms. The molecule has 0 saturated carbocycles. The molecular weight excluding hydrogens is 434 g/mol. The molecule has 7 nitrogen and oxygen atoms in total. The summed E-state index contributed by atoms with van der Waals surface area (Å²) in [5.41, 5.74) is 0. The second kappa shape index (κ2) is 28.1. The number of hydrogen-bond acceptors (Lipinski definition) is 5. The van der Waals surface area contributed by atoms with Gasteiger partial charge in [-0.2, -0.15) is 0 Å². The van der Waals surface area contributed by atoms with Crippen molar-refractivity contribution in [2.45, 2.75) is 116 Å². The Balaban J connectivity index is 3.08. The molecule has 1 amide bonds. The summed E-state index contributed by atoms with van der Waals surface area (Å²) in [6.45, 7) is 6.39. The van der Waals surface area contributed by atoms with Crippen LogP contribution in [0.15, 0.2) is 0 Å². The second-order valence-corrected chi connectivity index (χ2v) is 9.03. The van der Waals surface area contributed by atoms with Crippen LogP contribution in [0.3, 0.4) is 0 Å². The molecule has 0 atom stereocenters. The number of carboxylic acids is 1. The molecule has 0 unspecified atom stereocenters. The van der Waals surface area contributed by atoms with Gasteiger partial charge >= 0.3 is 5.97 Å². The zero-order valence-electron chi connectivity index (χ0n) is 22.0. The Bertz CT molecular complexity index is 447. The number of carboxylic acid groups (broad SMARTS) is 1. The van der Waals surface area contributed by atoms with Gasteiger partial charge < -0.3 is 24.6 Å². The van der Waals surface area contributed by atoms with E-state index in [1.807, 2.05) is 0 Å². The first-order valence-electron chi connectivity index (χ1n) is 13.9. The van der Waals surface area contributed by atoms with Crippen molar-refractivity contribution in [3.8, 4) is 0 Å². The van der Waals surface area contributed by atoms with Crippen molar-refractivity contribution in [2.24, 2.45) is 0 Å². The number of carbonyl (C=O) groups is 2. The maximum Gasteiger partial charge on any atom is 0.303 e. The van der Waals surface area contributed by atoms with Gasteiger partial charge in [0.05, 0.1) is 32.8 Å². The van der Waals surface area contributed by atoms with Gasteiger partial charge in [0.15, 0.2) is 0 Å². The average molecular weight is 488 g/mol. The van der Waals surface area contributed by atoms with Gasteiger partial charge in [-0.05, 0) is 12.8 Å². The lowest BCUT2D eigenvalue weighted by molar-refractivity contribution is -0.138. The van der Waals surface area contributed by atoms with Gasteiger partial charge in [-0.25, -0.2) is 0 Å². The Morgan fingerprint density at radius 2 is 0.971 bits per heavy atom. The molecule has 0 spiro atoms. The third-order valence-electron chi connectivity index (χ3n) is 5.74. The number of ether oxygens (including phenoxy) is 3. The number of carbonyl (C=O) groups excluding carboxylic acids is 1. The monoisotopic (exact) mass is 487 g/mol. The Labute approximate surface area is 208 Å². The Morgan fingerprint density at radius 1 is 0.559 bits per heavy atom. The average Bonchev–Trinajstić information content (AvgIpc) is 2.82. The molecule has 0 fully saturated rings. The molecule has 0 rings (SSSR count). The van der Waals surface area contributed by atoms with Gasteiger partial charge in [-0.1, -0.05) is 90.4 Å². The Morgan fingerprint density at radius 3 is 1.44 bits per heavy atom. The first-order valence-corrected chi connectivity index (χ1v) is 13.9. The third-order valence-corrected chi connectivity index (χ3v) is 5.74. The topological polar surface area (TPSA) is 94.1 Å². The maximum absolute atomic E-state index is 11.3. The molecule has 0 aromatic heterocycles. The highest BCUT2D eigenvalue weighted by atomic mass is 16.5. The van der Waals surface area contributed by atoms with Gasteiger partial charge in [0.1, 0.15) is 0 Å². The van der Waals surface area contributed by atoms with E-state index in [9.17, 15) is 9.59 Å². The van der Waals surface area contributed by atoms with Gasteiger partial charge in [-0.15, -0.1) is 0 Å². The minimum absolute atomic E-state index is 0.0193. The minimum atomic E-state index is -0.960.